The molecule has 0 bridgehead atoms. The number of carbonyl (C=O) groups excluding carboxylic acids is 1. The highest BCUT2D eigenvalue weighted by molar-refractivity contribution is 6.84. The Morgan fingerprint density at radius 3 is 1.94 bits per heavy atom. The minimum absolute atomic E-state index is 0.169. The van der Waals surface area contributed by atoms with E-state index in [4.69, 9.17) is 4.74 Å². The first-order valence-electron chi connectivity index (χ1n) is 11.9. The molecular formula is C27H42O2Si2. The van der Waals surface area contributed by atoms with E-state index in [2.05, 4.69) is 69.1 Å². The smallest absolute Gasteiger partial charge is 0.311 e. The second kappa shape index (κ2) is 13.6. The summed E-state index contributed by atoms with van der Waals surface area (Å²) in [6.07, 6.45) is 10.1. The van der Waals surface area contributed by atoms with E-state index < -0.39 is 16.1 Å². The van der Waals surface area contributed by atoms with Crippen molar-refractivity contribution in [3.05, 3.63) is 29.3 Å². The number of ether oxygens (including phenoxy) is 1. The van der Waals surface area contributed by atoms with Crippen molar-refractivity contribution in [2.75, 3.05) is 0 Å². The van der Waals surface area contributed by atoms with Gasteiger partial charge < -0.3 is 4.74 Å². The number of unbranched alkanes of at least 4 members (excludes halogenated alkanes) is 7. The molecule has 31 heavy (non-hydrogen) atoms. The van der Waals surface area contributed by atoms with Gasteiger partial charge >= 0.3 is 5.97 Å². The summed E-state index contributed by atoms with van der Waals surface area (Å²) >= 11 is 0. The summed E-state index contributed by atoms with van der Waals surface area (Å²) in [6.45, 7) is 15.5. The molecular weight excluding hydrogens is 412 g/mol. The van der Waals surface area contributed by atoms with E-state index in [1.54, 1.807) is 0 Å². The molecule has 0 heterocycles. The van der Waals surface area contributed by atoms with Crippen molar-refractivity contribution >= 4 is 22.1 Å². The summed E-state index contributed by atoms with van der Waals surface area (Å²) in [4.78, 5) is 12.5. The number of carbonyl (C=O) groups is 1. The van der Waals surface area contributed by atoms with Crippen LogP contribution in [0, 0.1) is 22.9 Å². The molecule has 0 aromatic heterocycles. The van der Waals surface area contributed by atoms with Gasteiger partial charge in [-0.05, 0) is 24.6 Å². The minimum Gasteiger partial charge on any atom is -0.425 e. The third kappa shape index (κ3) is 14.0. The third-order valence-corrected chi connectivity index (χ3v) is 6.34. The average Bonchev–Trinajstić information content (AvgIpc) is 2.66. The van der Waals surface area contributed by atoms with E-state index in [0.29, 0.717) is 12.2 Å². The number of esters is 1. The second-order valence-corrected chi connectivity index (χ2v) is 19.9. The number of rotatable bonds is 10. The molecule has 0 aliphatic carbocycles. The first kappa shape index (κ1) is 27.3. The van der Waals surface area contributed by atoms with Crippen LogP contribution in [0.1, 0.15) is 75.8 Å². The van der Waals surface area contributed by atoms with E-state index in [1.165, 1.54) is 38.5 Å². The van der Waals surface area contributed by atoms with Gasteiger partial charge in [0.15, 0.2) is 0 Å². The van der Waals surface area contributed by atoms with Crippen molar-refractivity contribution in [1.29, 1.82) is 0 Å². The Morgan fingerprint density at radius 2 is 1.35 bits per heavy atom. The lowest BCUT2D eigenvalue weighted by molar-refractivity contribution is -0.134. The van der Waals surface area contributed by atoms with Crippen LogP contribution in [0.15, 0.2) is 18.2 Å². The van der Waals surface area contributed by atoms with Crippen molar-refractivity contribution in [1.82, 2.24) is 0 Å². The van der Waals surface area contributed by atoms with Crippen molar-refractivity contribution in [2.24, 2.45) is 0 Å². The van der Waals surface area contributed by atoms with Gasteiger partial charge in [0.2, 0.25) is 0 Å². The molecule has 0 aliphatic rings. The molecule has 0 fully saturated rings. The maximum atomic E-state index is 12.5. The fraction of sp³-hybridized carbons (Fsp3) is 0.593. The molecule has 1 rings (SSSR count). The molecule has 0 unspecified atom stereocenters. The summed E-state index contributed by atoms with van der Waals surface area (Å²) < 4.78 is 5.76. The Kier molecular flexibility index (Phi) is 12.0. The lowest BCUT2D eigenvalue weighted by atomic mass is 10.1. The summed E-state index contributed by atoms with van der Waals surface area (Å²) in [5.41, 5.74) is 8.42. The number of hydrogen-bond donors (Lipinski definition) is 0. The van der Waals surface area contributed by atoms with Gasteiger partial charge in [0.1, 0.15) is 21.9 Å². The summed E-state index contributed by atoms with van der Waals surface area (Å²) in [7, 11) is -2.99. The Labute approximate surface area is 193 Å². The fourth-order valence-corrected chi connectivity index (χ4v) is 3.91. The molecule has 0 saturated heterocycles. The van der Waals surface area contributed by atoms with Gasteiger partial charge in [0.25, 0.3) is 0 Å². The molecule has 2 nitrogen and oxygen atoms in total. The van der Waals surface area contributed by atoms with Gasteiger partial charge in [0, 0.05) is 12.0 Å². The van der Waals surface area contributed by atoms with Crippen molar-refractivity contribution < 1.29 is 9.53 Å². The average molecular weight is 455 g/mol. The first-order chi connectivity index (χ1) is 14.5. The maximum absolute atomic E-state index is 12.5. The van der Waals surface area contributed by atoms with Crippen molar-refractivity contribution in [3.63, 3.8) is 0 Å². The second-order valence-electron chi connectivity index (χ2n) is 10.4. The van der Waals surface area contributed by atoms with Crippen LogP contribution in [0.2, 0.25) is 39.3 Å². The van der Waals surface area contributed by atoms with E-state index in [1.807, 2.05) is 18.2 Å². The molecule has 1 aromatic carbocycles. The molecule has 0 aliphatic heterocycles. The monoisotopic (exact) mass is 454 g/mol. The van der Waals surface area contributed by atoms with Crippen LogP contribution in [0.5, 0.6) is 5.75 Å². The van der Waals surface area contributed by atoms with Crippen LogP contribution in [-0.4, -0.2) is 22.1 Å². The zero-order valence-corrected chi connectivity index (χ0v) is 22.9. The third-order valence-electron chi connectivity index (χ3n) is 4.59. The van der Waals surface area contributed by atoms with Crippen LogP contribution in [0.4, 0.5) is 0 Å². The Morgan fingerprint density at radius 1 is 0.806 bits per heavy atom. The number of hydrogen-bond acceptors (Lipinski definition) is 2. The lowest BCUT2D eigenvalue weighted by Crippen LogP contribution is -2.16. The molecule has 4 heteroatoms. The number of benzene rings is 1. The molecule has 0 radical (unpaired) electrons. The van der Waals surface area contributed by atoms with Crippen LogP contribution in [-0.2, 0) is 4.79 Å². The van der Waals surface area contributed by atoms with E-state index >= 15 is 0 Å². The van der Waals surface area contributed by atoms with Crippen LogP contribution in [0.3, 0.4) is 0 Å². The van der Waals surface area contributed by atoms with Crippen molar-refractivity contribution in [2.45, 2.75) is 104 Å². The molecule has 1 aromatic rings. The van der Waals surface area contributed by atoms with E-state index in [0.717, 1.165) is 24.0 Å². The van der Waals surface area contributed by atoms with E-state index in [9.17, 15) is 4.79 Å². The van der Waals surface area contributed by atoms with Gasteiger partial charge in [-0.15, -0.1) is 11.1 Å². The van der Waals surface area contributed by atoms with Crippen molar-refractivity contribution in [3.8, 4) is 28.7 Å². The normalized spacial score (nSPS) is 11.2. The predicted molar refractivity (Wildman–Crippen MR) is 140 cm³/mol. The van der Waals surface area contributed by atoms with Gasteiger partial charge in [-0.25, -0.2) is 0 Å². The Hall–Kier alpha value is -1.76. The van der Waals surface area contributed by atoms with Crippen LogP contribution < -0.4 is 4.74 Å². The van der Waals surface area contributed by atoms with Crippen LogP contribution >= 0.6 is 0 Å². The van der Waals surface area contributed by atoms with Crippen LogP contribution in [0.25, 0.3) is 0 Å². The SMILES string of the molecule is CCCCCCCCCCC(=O)Oc1cc(C#C[Si](C)(C)C)ccc1C#C[Si](C)(C)C. The highest BCUT2D eigenvalue weighted by Gasteiger charge is 2.12. The minimum atomic E-state index is -1.52. The van der Waals surface area contributed by atoms with Gasteiger partial charge in [-0.2, -0.15) is 0 Å². The zero-order chi connectivity index (χ0) is 23.3. The van der Waals surface area contributed by atoms with Gasteiger partial charge in [0.05, 0.1) is 5.56 Å². The molecule has 0 saturated carbocycles. The summed E-state index contributed by atoms with van der Waals surface area (Å²) in [5, 5.41) is 0. The quantitative estimate of drug-likeness (QED) is 0.120. The van der Waals surface area contributed by atoms with E-state index in [-0.39, 0.29) is 5.97 Å². The Bertz CT molecular complexity index is 821. The fourth-order valence-electron chi connectivity index (χ4n) is 2.88. The predicted octanol–water partition coefficient (Wildman–Crippen LogP) is 7.58. The van der Waals surface area contributed by atoms with Gasteiger partial charge in [-0.3, -0.25) is 4.79 Å². The highest BCUT2D eigenvalue weighted by atomic mass is 28.3. The topological polar surface area (TPSA) is 26.3 Å². The molecule has 170 valence electrons. The first-order valence-corrected chi connectivity index (χ1v) is 18.9. The molecule has 0 amide bonds. The largest absolute Gasteiger partial charge is 0.425 e. The molecule has 0 spiro atoms. The molecule has 0 N–H and O–H groups in total. The standard InChI is InChI=1S/C27H42O2Si2/c1-8-9-10-11-12-13-14-15-16-27(28)29-26-23-24(19-21-30(2,3)4)17-18-25(26)20-22-31(5,6)7/h17-18,23H,8-16H2,1-7H3. The highest BCUT2D eigenvalue weighted by Crippen LogP contribution is 2.21. The zero-order valence-electron chi connectivity index (χ0n) is 20.9. The maximum Gasteiger partial charge on any atom is 0.311 e. The molecule has 0 atom stereocenters. The van der Waals surface area contributed by atoms with Gasteiger partial charge in [-0.1, -0.05) is 103 Å². The lowest BCUT2D eigenvalue weighted by Gasteiger charge is -2.09. The Balaban J connectivity index is 2.77. The summed E-state index contributed by atoms with van der Waals surface area (Å²) in [5.74, 6) is 6.90. The summed E-state index contributed by atoms with van der Waals surface area (Å²) in [6, 6.07) is 5.81.